The fourth-order valence-corrected chi connectivity index (χ4v) is 3.98. The van der Waals surface area contributed by atoms with Crippen molar-refractivity contribution in [3.05, 3.63) is 69.7 Å². The standard InChI is InChI=1S/C22H22BrF3N2O3/c23-18-6-1-3-15(11-18)20(30)27-13-19(29)28-14-21(7-9-31-10-8-21)16-4-2-5-17(12-16)22(24,25)26/h1-6,11-12H,7-10,13-14H2,(H,27,30)(H,28,29). The smallest absolute Gasteiger partial charge is 0.381 e. The van der Waals surface area contributed by atoms with Crippen LogP contribution in [0.1, 0.15) is 34.3 Å². The molecule has 2 N–H and O–H groups in total. The largest absolute Gasteiger partial charge is 0.416 e. The maximum atomic E-state index is 13.2. The van der Waals surface area contributed by atoms with E-state index in [2.05, 4.69) is 26.6 Å². The zero-order valence-corrected chi connectivity index (χ0v) is 18.2. The van der Waals surface area contributed by atoms with Crippen LogP contribution in [0.5, 0.6) is 0 Å². The number of hydrogen-bond acceptors (Lipinski definition) is 3. The minimum Gasteiger partial charge on any atom is -0.381 e. The number of rotatable bonds is 6. The molecule has 0 bridgehead atoms. The van der Waals surface area contributed by atoms with Crippen molar-refractivity contribution in [3.63, 3.8) is 0 Å². The van der Waals surface area contributed by atoms with Crippen LogP contribution in [0.2, 0.25) is 0 Å². The molecule has 0 aromatic heterocycles. The van der Waals surface area contributed by atoms with Crippen molar-refractivity contribution in [3.8, 4) is 0 Å². The minimum absolute atomic E-state index is 0.156. The summed E-state index contributed by atoms with van der Waals surface area (Å²) >= 11 is 3.28. The summed E-state index contributed by atoms with van der Waals surface area (Å²) in [5.74, 6) is -0.809. The monoisotopic (exact) mass is 498 g/mol. The van der Waals surface area contributed by atoms with Crippen molar-refractivity contribution < 1.29 is 27.5 Å². The van der Waals surface area contributed by atoms with Crippen LogP contribution < -0.4 is 10.6 Å². The number of halogens is 4. The van der Waals surface area contributed by atoms with Crippen LogP contribution in [-0.4, -0.2) is 38.1 Å². The quantitative estimate of drug-likeness (QED) is 0.630. The van der Waals surface area contributed by atoms with Crippen LogP contribution in [0.4, 0.5) is 13.2 Å². The predicted octanol–water partition coefficient (Wildman–Crippen LogP) is 4.06. The van der Waals surface area contributed by atoms with Crippen LogP contribution in [-0.2, 0) is 21.1 Å². The average molecular weight is 499 g/mol. The van der Waals surface area contributed by atoms with Gasteiger partial charge >= 0.3 is 6.18 Å². The van der Waals surface area contributed by atoms with E-state index in [1.54, 1.807) is 30.3 Å². The highest BCUT2D eigenvalue weighted by atomic mass is 79.9. The lowest BCUT2D eigenvalue weighted by Gasteiger charge is -2.38. The molecule has 5 nitrogen and oxygen atoms in total. The summed E-state index contributed by atoms with van der Waals surface area (Å²) in [6, 6.07) is 12.0. The van der Waals surface area contributed by atoms with Crippen molar-refractivity contribution in [1.82, 2.24) is 10.6 Å². The SMILES string of the molecule is O=C(CNC(=O)c1cccc(Br)c1)NCC1(c2cccc(C(F)(F)F)c2)CCOCC1. The molecule has 1 fully saturated rings. The van der Waals surface area contributed by atoms with Crippen LogP contribution in [0.3, 0.4) is 0 Å². The van der Waals surface area contributed by atoms with Gasteiger partial charge in [0.1, 0.15) is 0 Å². The molecule has 1 heterocycles. The fourth-order valence-electron chi connectivity index (χ4n) is 3.58. The summed E-state index contributed by atoms with van der Waals surface area (Å²) in [6.07, 6.45) is -3.47. The third kappa shape index (κ3) is 6.07. The zero-order valence-electron chi connectivity index (χ0n) is 16.6. The molecule has 0 aliphatic carbocycles. The summed E-state index contributed by atoms with van der Waals surface area (Å²) in [4.78, 5) is 24.5. The van der Waals surface area contributed by atoms with Crippen LogP contribution in [0.15, 0.2) is 53.0 Å². The Morgan fingerprint density at radius 2 is 1.74 bits per heavy atom. The van der Waals surface area contributed by atoms with Gasteiger partial charge < -0.3 is 15.4 Å². The Labute approximate surface area is 186 Å². The molecule has 0 unspecified atom stereocenters. The summed E-state index contributed by atoms with van der Waals surface area (Å²) in [5.41, 5.74) is -0.455. The Hall–Kier alpha value is -2.39. The van der Waals surface area contributed by atoms with E-state index < -0.39 is 29.0 Å². The molecule has 2 amide bonds. The van der Waals surface area contributed by atoms with Crippen molar-refractivity contribution in [1.29, 1.82) is 0 Å². The molecular formula is C22H22BrF3N2O3. The van der Waals surface area contributed by atoms with Crippen molar-refractivity contribution in [2.45, 2.75) is 24.4 Å². The molecule has 2 aromatic rings. The van der Waals surface area contributed by atoms with Gasteiger partial charge in [-0.3, -0.25) is 9.59 Å². The molecule has 0 radical (unpaired) electrons. The van der Waals surface area contributed by atoms with Crippen LogP contribution >= 0.6 is 15.9 Å². The van der Waals surface area contributed by atoms with E-state index in [0.29, 0.717) is 37.2 Å². The van der Waals surface area contributed by atoms with Gasteiger partial charge in [0.05, 0.1) is 12.1 Å². The second kappa shape index (κ2) is 9.82. The first-order valence-electron chi connectivity index (χ1n) is 9.76. The summed E-state index contributed by atoms with van der Waals surface area (Å²) in [5, 5.41) is 5.32. The van der Waals surface area contributed by atoms with E-state index in [-0.39, 0.29) is 13.1 Å². The van der Waals surface area contributed by atoms with Crippen LogP contribution in [0, 0.1) is 0 Å². The van der Waals surface area contributed by atoms with Gasteiger partial charge in [-0.05, 0) is 42.7 Å². The molecule has 9 heteroatoms. The Morgan fingerprint density at radius 1 is 1.03 bits per heavy atom. The van der Waals surface area contributed by atoms with Gasteiger partial charge in [0, 0.05) is 35.2 Å². The molecular weight excluding hydrogens is 477 g/mol. The molecule has 166 valence electrons. The zero-order chi connectivity index (χ0) is 22.5. The third-order valence-electron chi connectivity index (χ3n) is 5.37. The van der Waals surface area contributed by atoms with Gasteiger partial charge in [0.15, 0.2) is 0 Å². The molecule has 1 aliphatic rings. The lowest BCUT2D eigenvalue weighted by molar-refractivity contribution is -0.137. The molecule has 31 heavy (non-hydrogen) atoms. The van der Waals surface area contributed by atoms with Gasteiger partial charge in [-0.15, -0.1) is 0 Å². The number of amides is 2. The highest BCUT2D eigenvalue weighted by Gasteiger charge is 2.37. The average Bonchev–Trinajstić information content (AvgIpc) is 2.76. The first-order valence-corrected chi connectivity index (χ1v) is 10.5. The number of hydrogen-bond donors (Lipinski definition) is 2. The van der Waals surface area contributed by atoms with Gasteiger partial charge in [-0.25, -0.2) is 0 Å². The van der Waals surface area contributed by atoms with E-state index in [1.807, 2.05) is 0 Å². The van der Waals surface area contributed by atoms with E-state index in [9.17, 15) is 22.8 Å². The van der Waals surface area contributed by atoms with Gasteiger partial charge in [0.25, 0.3) is 5.91 Å². The predicted molar refractivity (Wildman–Crippen MR) is 113 cm³/mol. The van der Waals surface area contributed by atoms with Gasteiger partial charge in [-0.1, -0.05) is 40.2 Å². The second-order valence-electron chi connectivity index (χ2n) is 7.44. The first kappa shape index (κ1) is 23.3. The lowest BCUT2D eigenvalue weighted by atomic mass is 9.73. The highest BCUT2D eigenvalue weighted by molar-refractivity contribution is 9.10. The molecule has 0 saturated carbocycles. The number of nitrogens with one attached hydrogen (secondary N) is 2. The Bertz CT molecular complexity index is 944. The molecule has 1 aliphatic heterocycles. The summed E-state index contributed by atoms with van der Waals surface area (Å²) in [7, 11) is 0. The normalized spacial score (nSPS) is 15.9. The number of carbonyl (C=O) groups is 2. The number of alkyl halides is 3. The lowest BCUT2D eigenvalue weighted by Crippen LogP contribution is -2.47. The third-order valence-corrected chi connectivity index (χ3v) is 5.87. The summed E-state index contributed by atoms with van der Waals surface area (Å²) < 4.78 is 45.7. The minimum atomic E-state index is -4.44. The highest BCUT2D eigenvalue weighted by Crippen LogP contribution is 2.37. The van der Waals surface area contributed by atoms with E-state index in [0.717, 1.165) is 16.6 Å². The van der Waals surface area contributed by atoms with Crippen molar-refractivity contribution in [2.75, 3.05) is 26.3 Å². The van der Waals surface area contributed by atoms with Crippen molar-refractivity contribution >= 4 is 27.7 Å². The topological polar surface area (TPSA) is 67.4 Å². The molecule has 0 spiro atoms. The van der Waals surface area contributed by atoms with E-state index >= 15 is 0 Å². The maximum absolute atomic E-state index is 13.2. The molecule has 0 atom stereocenters. The first-order chi connectivity index (χ1) is 14.7. The number of ether oxygens (including phenoxy) is 1. The fraction of sp³-hybridized carbons (Fsp3) is 0.364. The Morgan fingerprint density at radius 3 is 2.42 bits per heavy atom. The van der Waals surface area contributed by atoms with Gasteiger partial charge in [0.2, 0.25) is 5.91 Å². The van der Waals surface area contributed by atoms with Crippen molar-refractivity contribution in [2.24, 2.45) is 0 Å². The van der Waals surface area contributed by atoms with Gasteiger partial charge in [-0.2, -0.15) is 13.2 Å². The Kier molecular flexibility index (Phi) is 7.38. The Balaban J connectivity index is 1.65. The van der Waals surface area contributed by atoms with E-state index in [4.69, 9.17) is 4.74 Å². The summed E-state index contributed by atoms with van der Waals surface area (Å²) in [6.45, 7) is 0.710. The maximum Gasteiger partial charge on any atom is 0.416 e. The molecule has 2 aromatic carbocycles. The molecule has 1 saturated heterocycles. The number of benzene rings is 2. The van der Waals surface area contributed by atoms with Crippen LogP contribution in [0.25, 0.3) is 0 Å². The molecule has 3 rings (SSSR count). The second-order valence-corrected chi connectivity index (χ2v) is 8.36. The van der Waals surface area contributed by atoms with E-state index in [1.165, 1.54) is 6.07 Å². The number of carbonyl (C=O) groups excluding carboxylic acids is 2.